The molecule has 0 aliphatic heterocycles. The Morgan fingerprint density at radius 2 is 0.951 bits per heavy atom. The fourth-order valence-electron chi connectivity index (χ4n) is 5.32. The average molecular weight is 581 g/mol. The molecule has 0 saturated carbocycles. The second-order valence-corrected chi connectivity index (χ2v) is 12.3. The summed E-state index contributed by atoms with van der Waals surface area (Å²) < 4.78 is 11.1. The minimum Gasteiger partial charge on any atom is -0.457 e. The van der Waals surface area contributed by atoms with Gasteiger partial charge in [-0.25, -0.2) is 0 Å². The molecule has 0 heterocycles. The van der Waals surface area contributed by atoms with Gasteiger partial charge in [0.25, 0.3) is 0 Å². The SMILES string of the molecule is CCCCCCCCC/C=C\CCCCCCCC(=O)OC(CO)COCCCCCCCCCCCCCCC. The van der Waals surface area contributed by atoms with Gasteiger partial charge in [-0.15, -0.1) is 0 Å². The van der Waals surface area contributed by atoms with Crippen molar-refractivity contribution in [3.05, 3.63) is 12.2 Å². The number of hydrogen-bond acceptors (Lipinski definition) is 4. The highest BCUT2D eigenvalue weighted by Gasteiger charge is 2.13. The number of carbonyl (C=O) groups excluding carboxylic acids is 1. The van der Waals surface area contributed by atoms with E-state index in [1.807, 2.05) is 0 Å². The predicted octanol–water partition coefficient (Wildman–Crippen LogP) is 11.4. The van der Waals surface area contributed by atoms with Crippen LogP contribution in [0.2, 0.25) is 0 Å². The lowest BCUT2D eigenvalue weighted by Gasteiger charge is -2.15. The van der Waals surface area contributed by atoms with Crippen molar-refractivity contribution >= 4 is 5.97 Å². The predicted molar refractivity (Wildman–Crippen MR) is 178 cm³/mol. The monoisotopic (exact) mass is 581 g/mol. The first-order chi connectivity index (χ1) is 20.2. The summed E-state index contributed by atoms with van der Waals surface area (Å²) in [6.45, 7) is 5.36. The number of ether oxygens (including phenoxy) is 2. The van der Waals surface area contributed by atoms with Crippen molar-refractivity contribution in [3.8, 4) is 0 Å². The zero-order chi connectivity index (χ0) is 29.9. The van der Waals surface area contributed by atoms with Gasteiger partial charge in [0.1, 0.15) is 6.10 Å². The van der Waals surface area contributed by atoms with Crippen LogP contribution in [0.5, 0.6) is 0 Å². The molecule has 1 N–H and O–H groups in total. The quantitative estimate of drug-likeness (QED) is 0.0467. The van der Waals surface area contributed by atoms with E-state index in [-0.39, 0.29) is 12.6 Å². The molecule has 0 saturated heterocycles. The van der Waals surface area contributed by atoms with Crippen molar-refractivity contribution in [2.45, 2.75) is 200 Å². The first kappa shape index (κ1) is 40.1. The van der Waals surface area contributed by atoms with Gasteiger partial charge in [-0.3, -0.25) is 4.79 Å². The zero-order valence-electron chi connectivity index (χ0n) is 27.8. The Hall–Kier alpha value is -0.870. The van der Waals surface area contributed by atoms with E-state index in [9.17, 15) is 9.90 Å². The molecule has 4 nitrogen and oxygen atoms in total. The molecule has 0 amide bonds. The molecular formula is C37H72O4. The number of esters is 1. The van der Waals surface area contributed by atoms with Crippen molar-refractivity contribution in [1.82, 2.24) is 0 Å². The number of rotatable bonds is 34. The van der Waals surface area contributed by atoms with Crippen LogP contribution in [-0.2, 0) is 14.3 Å². The lowest BCUT2D eigenvalue weighted by atomic mass is 10.0. The molecule has 0 aromatic heterocycles. The fourth-order valence-corrected chi connectivity index (χ4v) is 5.32. The summed E-state index contributed by atoms with van der Waals surface area (Å²) in [6, 6.07) is 0. The molecule has 244 valence electrons. The number of unbranched alkanes of at least 4 members (excludes halogenated alkanes) is 24. The van der Waals surface area contributed by atoms with Crippen LogP contribution in [0.1, 0.15) is 194 Å². The van der Waals surface area contributed by atoms with E-state index in [1.54, 1.807) is 0 Å². The summed E-state index contributed by atoms with van der Waals surface area (Å²) in [4.78, 5) is 12.1. The van der Waals surface area contributed by atoms with Gasteiger partial charge in [0.2, 0.25) is 0 Å². The molecular weight excluding hydrogens is 508 g/mol. The highest BCUT2D eigenvalue weighted by Crippen LogP contribution is 2.13. The first-order valence-electron chi connectivity index (χ1n) is 18.3. The Labute approximate surface area is 256 Å². The standard InChI is InChI=1S/C37H72O4/c1-3-5-7-9-11-13-15-17-18-19-20-22-24-26-28-30-32-37(39)41-36(34-38)35-40-33-31-29-27-25-23-21-16-14-12-10-8-6-4-2/h18-19,36,38H,3-17,20-35H2,1-2H3/b19-18-. The van der Waals surface area contributed by atoms with E-state index in [4.69, 9.17) is 9.47 Å². The Morgan fingerprint density at radius 3 is 1.39 bits per heavy atom. The van der Waals surface area contributed by atoms with Crippen molar-refractivity contribution in [2.75, 3.05) is 19.8 Å². The molecule has 0 aromatic carbocycles. The summed E-state index contributed by atoms with van der Waals surface area (Å²) >= 11 is 0. The largest absolute Gasteiger partial charge is 0.457 e. The number of hydrogen-bond donors (Lipinski definition) is 1. The van der Waals surface area contributed by atoms with Gasteiger partial charge in [0.05, 0.1) is 13.2 Å². The number of carbonyl (C=O) groups is 1. The van der Waals surface area contributed by atoms with E-state index in [1.165, 1.54) is 154 Å². The normalized spacial score (nSPS) is 12.4. The van der Waals surface area contributed by atoms with Gasteiger partial charge in [0.15, 0.2) is 0 Å². The van der Waals surface area contributed by atoms with Gasteiger partial charge in [-0.2, -0.15) is 0 Å². The number of aliphatic hydroxyl groups is 1. The highest BCUT2D eigenvalue weighted by atomic mass is 16.6. The molecule has 1 atom stereocenters. The molecule has 0 aromatic rings. The van der Waals surface area contributed by atoms with Gasteiger partial charge >= 0.3 is 5.97 Å². The third-order valence-electron chi connectivity index (χ3n) is 8.09. The Bertz CT molecular complexity index is 533. The second-order valence-electron chi connectivity index (χ2n) is 12.3. The molecule has 0 radical (unpaired) electrons. The number of allylic oxidation sites excluding steroid dienone is 2. The molecule has 41 heavy (non-hydrogen) atoms. The molecule has 0 bridgehead atoms. The van der Waals surface area contributed by atoms with E-state index in [0.29, 0.717) is 19.6 Å². The molecule has 0 spiro atoms. The van der Waals surface area contributed by atoms with E-state index in [0.717, 1.165) is 19.3 Å². The summed E-state index contributed by atoms with van der Waals surface area (Å²) in [6.07, 6.45) is 39.6. The van der Waals surface area contributed by atoms with Crippen LogP contribution in [0.15, 0.2) is 12.2 Å². The zero-order valence-corrected chi connectivity index (χ0v) is 27.8. The van der Waals surface area contributed by atoms with Gasteiger partial charge < -0.3 is 14.6 Å². The minimum atomic E-state index is -0.530. The van der Waals surface area contributed by atoms with Crippen molar-refractivity contribution in [1.29, 1.82) is 0 Å². The molecule has 0 rings (SSSR count). The maximum absolute atomic E-state index is 12.1. The van der Waals surface area contributed by atoms with E-state index < -0.39 is 6.10 Å². The van der Waals surface area contributed by atoms with E-state index >= 15 is 0 Å². The van der Waals surface area contributed by atoms with Crippen molar-refractivity contribution < 1.29 is 19.4 Å². The molecule has 0 fully saturated rings. The topological polar surface area (TPSA) is 55.8 Å². The highest BCUT2D eigenvalue weighted by molar-refractivity contribution is 5.69. The first-order valence-corrected chi connectivity index (χ1v) is 18.3. The van der Waals surface area contributed by atoms with Crippen LogP contribution in [0.25, 0.3) is 0 Å². The summed E-state index contributed by atoms with van der Waals surface area (Å²) in [7, 11) is 0. The summed E-state index contributed by atoms with van der Waals surface area (Å²) in [5.74, 6) is -0.207. The van der Waals surface area contributed by atoms with Crippen LogP contribution >= 0.6 is 0 Å². The lowest BCUT2D eigenvalue weighted by molar-refractivity contribution is -0.154. The average Bonchev–Trinajstić information content (AvgIpc) is 2.98. The van der Waals surface area contributed by atoms with Gasteiger partial charge in [-0.05, 0) is 38.5 Å². The summed E-state index contributed by atoms with van der Waals surface area (Å²) in [5.41, 5.74) is 0. The maximum Gasteiger partial charge on any atom is 0.306 e. The molecule has 0 aliphatic rings. The van der Waals surface area contributed by atoms with E-state index in [2.05, 4.69) is 26.0 Å². The van der Waals surface area contributed by atoms with Crippen LogP contribution in [0.3, 0.4) is 0 Å². The lowest BCUT2D eigenvalue weighted by Crippen LogP contribution is -2.27. The third kappa shape index (κ3) is 33.5. The maximum atomic E-state index is 12.1. The fraction of sp³-hybridized carbons (Fsp3) is 0.919. The van der Waals surface area contributed by atoms with Crippen LogP contribution in [0.4, 0.5) is 0 Å². The third-order valence-corrected chi connectivity index (χ3v) is 8.09. The summed E-state index contributed by atoms with van der Waals surface area (Å²) in [5, 5.41) is 9.54. The van der Waals surface area contributed by atoms with Gasteiger partial charge in [-0.1, -0.05) is 161 Å². The van der Waals surface area contributed by atoms with Crippen molar-refractivity contribution in [3.63, 3.8) is 0 Å². The molecule has 4 heteroatoms. The minimum absolute atomic E-state index is 0.170. The molecule has 1 unspecified atom stereocenters. The number of aliphatic hydroxyl groups excluding tert-OH is 1. The van der Waals surface area contributed by atoms with Crippen molar-refractivity contribution in [2.24, 2.45) is 0 Å². The van der Waals surface area contributed by atoms with Gasteiger partial charge in [0, 0.05) is 13.0 Å². The van der Waals surface area contributed by atoms with Crippen LogP contribution in [0, 0.1) is 0 Å². The molecule has 0 aliphatic carbocycles. The smallest absolute Gasteiger partial charge is 0.306 e. The van der Waals surface area contributed by atoms with Crippen LogP contribution in [-0.4, -0.2) is 37.0 Å². The Kier molecular flexibility index (Phi) is 34.6. The van der Waals surface area contributed by atoms with Crippen LogP contribution < -0.4 is 0 Å². The second kappa shape index (κ2) is 35.3. The Morgan fingerprint density at radius 1 is 0.561 bits per heavy atom. The Balaban J connectivity index is 3.43.